The zero-order valence-electron chi connectivity index (χ0n) is 8.39. The standard InChI is InChI=1S/C10H17N3/c1-10(2,3)13-9-5-7(11)4-8(12)6-9/h4-6,13H,11-12H2,1-3H3. The van der Waals surface area contributed by atoms with Crippen LogP contribution in [0.2, 0.25) is 0 Å². The summed E-state index contributed by atoms with van der Waals surface area (Å²) in [6.45, 7) is 6.27. The Morgan fingerprint density at radius 1 is 1.00 bits per heavy atom. The van der Waals surface area contributed by atoms with Gasteiger partial charge in [0.15, 0.2) is 0 Å². The minimum atomic E-state index is 0.0280. The molecule has 0 radical (unpaired) electrons. The van der Waals surface area contributed by atoms with E-state index in [0.29, 0.717) is 11.4 Å². The Hall–Kier alpha value is -1.38. The fourth-order valence-corrected chi connectivity index (χ4v) is 1.18. The number of nitrogens with one attached hydrogen (secondary N) is 1. The molecular weight excluding hydrogens is 162 g/mol. The Morgan fingerprint density at radius 2 is 1.46 bits per heavy atom. The van der Waals surface area contributed by atoms with Gasteiger partial charge in [-0.2, -0.15) is 0 Å². The van der Waals surface area contributed by atoms with E-state index in [1.54, 1.807) is 6.07 Å². The second kappa shape index (κ2) is 3.17. The lowest BCUT2D eigenvalue weighted by Gasteiger charge is -2.22. The summed E-state index contributed by atoms with van der Waals surface area (Å²) in [6.07, 6.45) is 0. The van der Waals surface area contributed by atoms with E-state index in [9.17, 15) is 0 Å². The van der Waals surface area contributed by atoms with E-state index in [1.807, 2.05) is 12.1 Å². The van der Waals surface area contributed by atoms with E-state index in [4.69, 9.17) is 11.5 Å². The average Bonchev–Trinajstić information content (AvgIpc) is 1.78. The zero-order chi connectivity index (χ0) is 10.1. The molecule has 0 aromatic heterocycles. The fraction of sp³-hybridized carbons (Fsp3) is 0.400. The van der Waals surface area contributed by atoms with Crippen molar-refractivity contribution in [2.24, 2.45) is 0 Å². The molecular formula is C10H17N3. The summed E-state index contributed by atoms with van der Waals surface area (Å²) in [6, 6.07) is 5.50. The molecule has 1 aromatic rings. The van der Waals surface area contributed by atoms with Gasteiger partial charge in [-0.25, -0.2) is 0 Å². The molecule has 0 saturated heterocycles. The number of rotatable bonds is 1. The van der Waals surface area contributed by atoms with E-state index in [1.165, 1.54) is 0 Å². The molecule has 3 nitrogen and oxygen atoms in total. The molecule has 0 atom stereocenters. The molecule has 13 heavy (non-hydrogen) atoms. The first kappa shape index (κ1) is 9.71. The number of benzene rings is 1. The lowest BCUT2D eigenvalue weighted by molar-refractivity contribution is 0.634. The lowest BCUT2D eigenvalue weighted by atomic mass is 10.1. The van der Waals surface area contributed by atoms with Gasteiger partial charge < -0.3 is 16.8 Å². The van der Waals surface area contributed by atoms with Crippen molar-refractivity contribution >= 4 is 17.1 Å². The van der Waals surface area contributed by atoms with Crippen molar-refractivity contribution in [2.75, 3.05) is 16.8 Å². The number of hydrogen-bond donors (Lipinski definition) is 3. The van der Waals surface area contributed by atoms with Crippen molar-refractivity contribution < 1.29 is 0 Å². The van der Waals surface area contributed by atoms with Gasteiger partial charge >= 0.3 is 0 Å². The summed E-state index contributed by atoms with van der Waals surface area (Å²) >= 11 is 0. The molecule has 0 aliphatic carbocycles. The van der Waals surface area contributed by atoms with Crippen LogP contribution in [0.25, 0.3) is 0 Å². The van der Waals surface area contributed by atoms with Crippen molar-refractivity contribution in [3.05, 3.63) is 18.2 Å². The predicted molar refractivity (Wildman–Crippen MR) is 58.6 cm³/mol. The van der Waals surface area contributed by atoms with Crippen LogP contribution in [-0.2, 0) is 0 Å². The van der Waals surface area contributed by atoms with Gasteiger partial charge in [0.05, 0.1) is 0 Å². The molecule has 0 aliphatic rings. The molecule has 1 rings (SSSR count). The molecule has 1 aromatic carbocycles. The maximum atomic E-state index is 5.66. The van der Waals surface area contributed by atoms with E-state index in [0.717, 1.165) is 5.69 Å². The topological polar surface area (TPSA) is 64.1 Å². The minimum Gasteiger partial charge on any atom is -0.399 e. The van der Waals surface area contributed by atoms with Gasteiger partial charge in [-0.3, -0.25) is 0 Å². The highest BCUT2D eigenvalue weighted by molar-refractivity contribution is 5.64. The molecule has 0 unspecified atom stereocenters. The summed E-state index contributed by atoms with van der Waals surface area (Å²) < 4.78 is 0. The highest BCUT2D eigenvalue weighted by atomic mass is 15.0. The van der Waals surface area contributed by atoms with Crippen LogP contribution < -0.4 is 16.8 Å². The van der Waals surface area contributed by atoms with Gasteiger partial charge in [0, 0.05) is 22.6 Å². The average molecular weight is 179 g/mol. The molecule has 0 aliphatic heterocycles. The van der Waals surface area contributed by atoms with Crippen LogP contribution in [0.4, 0.5) is 17.1 Å². The normalized spacial score (nSPS) is 11.3. The Balaban J connectivity index is 2.90. The number of hydrogen-bond acceptors (Lipinski definition) is 3. The second-order valence-corrected chi connectivity index (χ2v) is 4.26. The Labute approximate surface area is 79.1 Å². The smallest absolute Gasteiger partial charge is 0.0385 e. The van der Waals surface area contributed by atoms with Gasteiger partial charge in [-0.15, -0.1) is 0 Å². The summed E-state index contributed by atoms with van der Waals surface area (Å²) in [5, 5.41) is 3.30. The molecule has 0 heterocycles. The predicted octanol–water partition coefficient (Wildman–Crippen LogP) is 2.06. The van der Waals surface area contributed by atoms with Crippen LogP contribution >= 0.6 is 0 Å². The zero-order valence-corrected chi connectivity index (χ0v) is 8.39. The number of nitrogens with two attached hydrogens (primary N) is 2. The van der Waals surface area contributed by atoms with Crippen LogP contribution in [0.15, 0.2) is 18.2 Å². The van der Waals surface area contributed by atoms with Crippen LogP contribution in [0.1, 0.15) is 20.8 Å². The number of anilines is 3. The van der Waals surface area contributed by atoms with Crippen molar-refractivity contribution in [1.82, 2.24) is 0 Å². The lowest BCUT2D eigenvalue weighted by Crippen LogP contribution is -2.26. The Morgan fingerprint density at radius 3 is 1.85 bits per heavy atom. The van der Waals surface area contributed by atoms with Gasteiger partial charge in [0.2, 0.25) is 0 Å². The van der Waals surface area contributed by atoms with Gasteiger partial charge in [0.25, 0.3) is 0 Å². The third-order valence-electron chi connectivity index (χ3n) is 1.50. The second-order valence-electron chi connectivity index (χ2n) is 4.26. The molecule has 0 amide bonds. The monoisotopic (exact) mass is 179 g/mol. The summed E-state index contributed by atoms with van der Waals surface area (Å²) in [4.78, 5) is 0. The molecule has 3 heteroatoms. The quantitative estimate of drug-likeness (QED) is 0.578. The molecule has 72 valence electrons. The minimum absolute atomic E-state index is 0.0280. The molecule has 0 saturated carbocycles. The van der Waals surface area contributed by atoms with Crippen LogP contribution in [0.3, 0.4) is 0 Å². The summed E-state index contributed by atoms with van der Waals surface area (Å²) in [5.41, 5.74) is 13.7. The van der Waals surface area contributed by atoms with Crippen LogP contribution in [0.5, 0.6) is 0 Å². The van der Waals surface area contributed by atoms with Crippen molar-refractivity contribution in [3.8, 4) is 0 Å². The van der Waals surface area contributed by atoms with Gasteiger partial charge in [-0.1, -0.05) is 0 Å². The van der Waals surface area contributed by atoms with E-state index >= 15 is 0 Å². The molecule has 0 spiro atoms. The van der Waals surface area contributed by atoms with Gasteiger partial charge in [0.1, 0.15) is 0 Å². The van der Waals surface area contributed by atoms with Crippen LogP contribution in [-0.4, -0.2) is 5.54 Å². The summed E-state index contributed by atoms with van der Waals surface area (Å²) in [7, 11) is 0. The highest BCUT2D eigenvalue weighted by Crippen LogP contribution is 2.21. The van der Waals surface area contributed by atoms with Crippen LogP contribution in [0, 0.1) is 0 Å². The highest BCUT2D eigenvalue weighted by Gasteiger charge is 2.09. The first-order valence-corrected chi connectivity index (χ1v) is 4.31. The van der Waals surface area contributed by atoms with E-state index < -0.39 is 0 Å². The molecule has 0 fully saturated rings. The Bertz CT molecular complexity index is 279. The van der Waals surface area contributed by atoms with Gasteiger partial charge in [-0.05, 0) is 39.0 Å². The largest absolute Gasteiger partial charge is 0.399 e. The summed E-state index contributed by atoms with van der Waals surface area (Å²) in [5.74, 6) is 0. The maximum absolute atomic E-state index is 5.66. The van der Waals surface area contributed by atoms with Crippen molar-refractivity contribution in [1.29, 1.82) is 0 Å². The van der Waals surface area contributed by atoms with Crippen molar-refractivity contribution in [2.45, 2.75) is 26.3 Å². The molecule has 5 N–H and O–H groups in total. The fourth-order valence-electron chi connectivity index (χ4n) is 1.18. The number of nitrogen functional groups attached to an aromatic ring is 2. The third kappa shape index (κ3) is 3.23. The van der Waals surface area contributed by atoms with E-state index in [2.05, 4.69) is 26.1 Å². The third-order valence-corrected chi connectivity index (χ3v) is 1.50. The Kier molecular flexibility index (Phi) is 2.36. The molecule has 0 bridgehead atoms. The SMILES string of the molecule is CC(C)(C)Nc1cc(N)cc(N)c1. The van der Waals surface area contributed by atoms with E-state index in [-0.39, 0.29) is 5.54 Å². The maximum Gasteiger partial charge on any atom is 0.0385 e. The first-order valence-electron chi connectivity index (χ1n) is 4.31. The first-order chi connectivity index (χ1) is 5.87. The van der Waals surface area contributed by atoms with Crippen molar-refractivity contribution in [3.63, 3.8) is 0 Å².